The first-order valence-electron chi connectivity index (χ1n) is 6.92. The van der Waals surface area contributed by atoms with Crippen molar-refractivity contribution < 1.29 is 4.79 Å². The maximum Gasteiger partial charge on any atom is 0.226 e. The van der Waals surface area contributed by atoms with Gasteiger partial charge in [-0.25, -0.2) is 4.98 Å². The number of hydrogen-bond donors (Lipinski definition) is 1. The number of thiazole rings is 1. The summed E-state index contributed by atoms with van der Waals surface area (Å²) in [7, 11) is 1.92. The van der Waals surface area contributed by atoms with Crippen LogP contribution in [0.25, 0.3) is 0 Å². The molecule has 1 amide bonds. The molecule has 1 aromatic rings. The molecule has 0 aromatic carbocycles. The molecule has 1 aliphatic rings. The monoisotopic (exact) mass is 281 g/mol. The highest BCUT2D eigenvalue weighted by molar-refractivity contribution is 7.11. The van der Waals surface area contributed by atoms with Gasteiger partial charge >= 0.3 is 0 Å². The minimum absolute atomic E-state index is 0.119. The second kappa shape index (κ2) is 6.01. The maximum atomic E-state index is 12.5. The molecule has 0 spiro atoms. The van der Waals surface area contributed by atoms with E-state index in [-0.39, 0.29) is 17.9 Å². The van der Waals surface area contributed by atoms with Crippen LogP contribution in [0.15, 0.2) is 0 Å². The van der Waals surface area contributed by atoms with Crippen LogP contribution in [-0.2, 0) is 4.79 Å². The van der Waals surface area contributed by atoms with E-state index in [4.69, 9.17) is 0 Å². The molecule has 1 saturated heterocycles. The topological polar surface area (TPSA) is 45.2 Å². The van der Waals surface area contributed by atoms with Crippen LogP contribution >= 0.6 is 11.3 Å². The number of nitrogens with zero attached hydrogens (tertiary/aromatic N) is 2. The van der Waals surface area contributed by atoms with Crippen molar-refractivity contribution in [2.24, 2.45) is 5.92 Å². The van der Waals surface area contributed by atoms with Crippen molar-refractivity contribution in [3.8, 4) is 0 Å². The van der Waals surface area contributed by atoms with Crippen molar-refractivity contribution in [3.05, 3.63) is 15.6 Å². The van der Waals surface area contributed by atoms with Gasteiger partial charge < -0.3 is 10.2 Å². The standard InChI is InChI=1S/C14H23N3OS/c1-9-13(19-11(3)16-9)10(2)17(4)14(18)12-5-7-15-8-6-12/h10,12,15H,5-8H2,1-4H3/t10-/m0/s1. The van der Waals surface area contributed by atoms with E-state index in [1.165, 1.54) is 4.88 Å². The van der Waals surface area contributed by atoms with Crippen molar-refractivity contribution in [2.45, 2.75) is 39.7 Å². The SMILES string of the molecule is Cc1nc(C)c([C@H](C)N(C)C(=O)C2CCNCC2)s1. The summed E-state index contributed by atoms with van der Waals surface area (Å²) in [5.41, 5.74) is 1.06. The fourth-order valence-corrected chi connectivity index (χ4v) is 3.68. The van der Waals surface area contributed by atoms with Crippen LogP contribution in [0.3, 0.4) is 0 Å². The number of aryl methyl sites for hydroxylation is 2. The maximum absolute atomic E-state index is 12.5. The molecule has 0 aliphatic carbocycles. The van der Waals surface area contributed by atoms with Gasteiger partial charge in [0, 0.05) is 17.8 Å². The zero-order valence-electron chi connectivity index (χ0n) is 12.2. The highest BCUT2D eigenvalue weighted by Gasteiger charge is 2.28. The van der Waals surface area contributed by atoms with E-state index >= 15 is 0 Å². The summed E-state index contributed by atoms with van der Waals surface area (Å²) < 4.78 is 0. The van der Waals surface area contributed by atoms with Crippen LogP contribution < -0.4 is 5.32 Å². The first-order chi connectivity index (χ1) is 9.00. The second-order valence-electron chi connectivity index (χ2n) is 5.33. The van der Waals surface area contributed by atoms with Gasteiger partial charge in [-0.05, 0) is 46.7 Å². The molecule has 1 atom stereocenters. The third-order valence-electron chi connectivity index (χ3n) is 3.94. The fourth-order valence-electron chi connectivity index (χ4n) is 2.66. The van der Waals surface area contributed by atoms with Crippen molar-refractivity contribution in [1.29, 1.82) is 0 Å². The minimum atomic E-state index is 0.119. The minimum Gasteiger partial charge on any atom is -0.338 e. The van der Waals surface area contributed by atoms with Gasteiger partial charge in [-0.2, -0.15) is 0 Å². The normalized spacial score (nSPS) is 18.3. The Morgan fingerprint density at radius 1 is 1.42 bits per heavy atom. The van der Waals surface area contributed by atoms with E-state index in [1.807, 2.05) is 25.8 Å². The lowest BCUT2D eigenvalue weighted by atomic mass is 9.96. The zero-order chi connectivity index (χ0) is 14.0. The van der Waals surface area contributed by atoms with Gasteiger partial charge in [-0.15, -0.1) is 11.3 Å². The molecule has 0 unspecified atom stereocenters. The number of hydrogen-bond acceptors (Lipinski definition) is 4. The second-order valence-corrected chi connectivity index (χ2v) is 6.57. The van der Waals surface area contributed by atoms with E-state index in [0.717, 1.165) is 36.6 Å². The molecule has 0 bridgehead atoms. The van der Waals surface area contributed by atoms with Crippen LogP contribution in [-0.4, -0.2) is 35.9 Å². The summed E-state index contributed by atoms with van der Waals surface area (Å²) in [5, 5.41) is 4.37. The van der Waals surface area contributed by atoms with E-state index in [0.29, 0.717) is 0 Å². The van der Waals surface area contributed by atoms with E-state index in [1.54, 1.807) is 11.3 Å². The summed E-state index contributed by atoms with van der Waals surface area (Å²) >= 11 is 1.70. The Labute approximate surface area is 119 Å². The van der Waals surface area contributed by atoms with Crippen molar-refractivity contribution in [2.75, 3.05) is 20.1 Å². The van der Waals surface area contributed by atoms with Gasteiger partial charge in [0.25, 0.3) is 0 Å². The van der Waals surface area contributed by atoms with Gasteiger partial charge in [0.15, 0.2) is 0 Å². The number of carbonyl (C=O) groups is 1. The summed E-state index contributed by atoms with van der Waals surface area (Å²) in [6.45, 7) is 8.05. The summed E-state index contributed by atoms with van der Waals surface area (Å²) in [5.74, 6) is 0.461. The van der Waals surface area contributed by atoms with Crippen molar-refractivity contribution >= 4 is 17.2 Å². The molecule has 1 aromatic heterocycles. The smallest absolute Gasteiger partial charge is 0.226 e. The number of rotatable bonds is 3. The number of piperidine rings is 1. The predicted octanol–water partition coefficient (Wildman–Crippen LogP) is 2.28. The number of amides is 1. The third kappa shape index (κ3) is 3.15. The number of carbonyl (C=O) groups excluding carboxylic acids is 1. The lowest BCUT2D eigenvalue weighted by Crippen LogP contribution is -2.40. The lowest BCUT2D eigenvalue weighted by molar-refractivity contribution is -0.136. The first kappa shape index (κ1) is 14.5. The van der Waals surface area contributed by atoms with Crippen LogP contribution in [0, 0.1) is 19.8 Å². The first-order valence-corrected chi connectivity index (χ1v) is 7.73. The Bertz CT molecular complexity index is 452. The zero-order valence-corrected chi connectivity index (χ0v) is 13.0. The van der Waals surface area contributed by atoms with Crippen molar-refractivity contribution in [3.63, 3.8) is 0 Å². The Kier molecular flexibility index (Phi) is 4.58. The molecule has 1 aliphatic heterocycles. The average Bonchev–Trinajstić information content (AvgIpc) is 2.76. The molecule has 1 N–H and O–H groups in total. The van der Waals surface area contributed by atoms with Gasteiger partial charge in [-0.3, -0.25) is 4.79 Å². The molecule has 0 radical (unpaired) electrons. The Morgan fingerprint density at radius 2 is 2.05 bits per heavy atom. The number of aromatic nitrogens is 1. The van der Waals surface area contributed by atoms with E-state index < -0.39 is 0 Å². The van der Waals surface area contributed by atoms with E-state index in [2.05, 4.69) is 17.2 Å². The fraction of sp³-hybridized carbons (Fsp3) is 0.714. The summed E-state index contributed by atoms with van der Waals surface area (Å²) in [6, 6.07) is 0.119. The molecule has 5 heteroatoms. The Balaban J connectivity index is 2.07. The highest BCUT2D eigenvalue weighted by Crippen LogP contribution is 2.29. The molecule has 106 valence electrons. The molecular weight excluding hydrogens is 258 g/mol. The molecule has 4 nitrogen and oxygen atoms in total. The summed E-state index contributed by atoms with van der Waals surface area (Å²) in [4.78, 5) is 20.1. The van der Waals surface area contributed by atoms with Gasteiger partial charge in [0.05, 0.1) is 16.7 Å². The van der Waals surface area contributed by atoms with Gasteiger partial charge in [0.1, 0.15) is 0 Å². The number of nitrogens with one attached hydrogen (secondary N) is 1. The average molecular weight is 281 g/mol. The van der Waals surface area contributed by atoms with Crippen LogP contribution in [0.1, 0.15) is 41.4 Å². The van der Waals surface area contributed by atoms with E-state index in [9.17, 15) is 4.79 Å². The molecule has 0 saturated carbocycles. The Morgan fingerprint density at radius 3 is 2.58 bits per heavy atom. The molecular formula is C14H23N3OS. The van der Waals surface area contributed by atoms with Crippen LogP contribution in [0.5, 0.6) is 0 Å². The molecule has 2 rings (SSSR count). The molecule has 2 heterocycles. The third-order valence-corrected chi connectivity index (χ3v) is 5.18. The predicted molar refractivity (Wildman–Crippen MR) is 78.4 cm³/mol. The largest absolute Gasteiger partial charge is 0.338 e. The summed E-state index contributed by atoms with van der Waals surface area (Å²) in [6.07, 6.45) is 1.91. The quantitative estimate of drug-likeness (QED) is 0.924. The Hall–Kier alpha value is -0.940. The van der Waals surface area contributed by atoms with Gasteiger partial charge in [-0.1, -0.05) is 0 Å². The van der Waals surface area contributed by atoms with Crippen LogP contribution in [0.2, 0.25) is 0 Å². The molecule has 19 heavy (non-hydrogen) atoms. The van der Waals surface area contributed by atoms with Crippen LogP contribution in [0.4, 0.5) is 0 Å². The molecule has 1 fully saturated rings. The lowest BCUT2D eigenvalue weighted by Gasteiger charge is -2.30. The van der Waals surface area contributed by atoms with Crippen molar-refractivity contribution in [1.82, 2.24) is 15.2 Å². The van der Waals surface area contributed by atoms with Gasteiger partial charge in [0.2, 0.25) is 5.91 Å². The highest BCUT2D eigenvalue weighted by atomic mass is 32.1.